The highest BCUT2D eigenvalue weighted by atomic mass is 16.1. The highest BCUT2D eigenvalue weighted by molar-refractivity contribution is 5.97. The standard InChI is InChI=1S/C14H19N3O/c1-9(2)12(15)8-17-14(18)11-4-3-10-5-6-16-13(10)7-11/h3-7,9,12,16H,8,15H2,1-2H3,(H,17,18). The fourth-order valence-electron chi connectivity index (χ4n) is 1.74. The molecule has 0 aliphatic carbocycles. The van der Waals surface area contributed by atoms with E-state index in [1.807, 2.05) is 44.3 Å². The number of rotatable bonds is 4. The van der Waals surface area contributed by atoms with Crippen LogP contribution >= 0.6 is 0 Å². The van der Waals surface area contributed by atoms with Crippen LogP contribution in [0.5, 0.6) is 0 Å². The Hall–Kier alpha value is -1.81. The molecule has 96 valence electrons. The van der Waals surface area contributed by atoms with Gasteiger partial charge in [0.05, 0.1) is 0 Å². The van der Waals surface area contributed by atoms with Crippen LogP contribution in [0, 0.1) is 5.92 Å². The van der Waals surface area contributed by atoms with Crippen molar-refractivity contribution in [3.63, 3.8) is 0 Å². The number of benzene rings is 1. The third kappa shape index (κ3) is 2.71. The Morgan fingerprint density at radius 3 is 2.89 bits per heavy atom. The number of carbonyl (C=O) groups is 1. The summed E-state index contributed by atoms with van der Waals surface area (Å²) in [7, 11) is 0. The van der Waals surface area contributed by atoms with Crippen LogP contribution in [-0.4, -0.2) is 23.5 Å². The number of H-pyrrole nitrogens is 1. The van der Waals surface area contributed by atoms with Gasteiger partial charge in [-0.05, 0) is 29.5 Å². The van der Waals surface area contributed by atoms with Gasteiger partial charge in [0.2, 0.25) is 0 Å². The summed E-state index contributed by atoms with van der Waals surface area (Å²) in [6.07, 6.45) is 1.86. The van der Waals surface area contributed by atoms with Crippen molar-refractivity contribution in [3.8, 4) is 0 Å². The van der Waals surface area contributed by atoms with Crippen molar-refractivity contribution in [2.75, 3.05) is 6.54 Å². The molecule has 18 heavy (non-hydrogen) atoms. The Bertz CT molecular complexity index is 545. The number of hydrogen-bond donors (Lipinski definition) is 3. The number of aromatic amines is 1. The first kappa shape index (κ1) is 12.6. The lowest BCUT2D eigenvalue weighted by Gasteiger charge is -2.16. The van der Waals surface area contributed by atoms with Gasteiger partial charge in [0.1, 0.15) is 0 Å². The number of amides is 1. The normalized spacial score (nSPS) is 12.9. The third-order valence-corrected chi connectivity index (χ3v) is 3.17. The van der Waals surface area contributed by atoms with Crippen LogP contribution in [0.4, 0.5) is 0 Å². The Kier molecular flexibility index (Phi) is 3.67. The molecule has 1 unspecified atom stereocenters. The monoisotopic (exact) mass is 245 g/mol. The molecule has 1 heterocycles. The van der Waals surface area contributed by atoms with Crippen LogP contribution in [0.1, 0.15) is 24.2 Å². The molecule has 0 radical (unpaired) electrons. The summed E-state index contributed by atoms with van der Waals surface area (Å²) in [5, 5.41) is 3.96. The SMILES string of the molecule is CC(C)C(N)CNC(=O)c1ccc2cc[nH]c2c1. The van der Waals surface area contributed by atoms with E-state index in [1.165, 1.54) is 0 Å². The molecule has 1 atom stereocenters. The van der Waals surface area contributed by atoms with E-state index in [4.69, 9.17) is 5.73 Å². The van der Waals surface area contributed by atoms with E-state index in [-0.39, 0.29) is 11.9 Å². The minimum absolute atomic E-state index is 0.0110. The highest BCUT2D eigenvalue weighted by Crippen LogP contribution is 2.14. The molecule has 0 spiro atoms. The van der Waals surface area contributed by atoms with Gasteiger partial charge in [0.15, 0.2) is 0 Å². The van der Waals surface area contributed by atoms with Crippen LogP contribution in [-0.2, 0) is 0 Å². The Balaban J connectivity index is 2.04. The van der Waals surface area contributed by atoms with Gasteiger partial charge in [0, 0.05) is 29.9 Å². The molecule has 0 saturated carbocycles. The fraction of sp³-hybridized carbons (Fsp3) is 0.357. The minimum atomic E-state index is -0.0809. The van der Waals surface area contributed by atoms with Crippen molar-refractivity contribution in [2.45, 2.75) is 19.9 Å². The van der Waals surface area contributed by atoms with Gasteiger partial charge in [-0.2, -0.15) is 0 Å². The second-order valence-corrected chi connectivity index (χ2v) is 4.90. The zero-order valence-electron chi connectivity index (χ0n) is 10.7. The zero-order chi connectivity index (χ0) is 13.1. The Labute approximate surface area is 107 Å². The summed E-state index contributed by atoms with van der Waals surface area (Å²) in [5.41, 5.74) is 7.52. The van der Waals surface area contributed by atoms with Gasteiger partial charge >= 0.3 is 0 Å². The zero-order valence-corrected chi connectivity index (χ0v) is 10.7. The molecular formula is C14H19N3O. The van der Waals surface area contributed by atoms with Gasteiger partial charge in [-0.15, -0.1) is 0 Å². The fourth-order valence-corrected chi connectivity index (χ4v) is 1.74. The molecule has 0 fully saturated rings. The molecule has 4 N–H and O–H groups in total. The third-order valence-electron chi connectivity index (χ3n) is 3.17. The summed E-state index contributed by atoms with van der Waals surface area (Å²) in [4.78, 5) is 15.0. The topological polar surface area (TPSA) is 70.9 Å². The maximum Gasteiger partial charge on any atom is 0.251 e. The van der Waals surface area contributed by atoms with Crippen molar-refractivity contribution >= 4 is 16.8 Å². The van der Waals surface area contributed by atoms with Crippen LogP contribution in [0.25, 0.3) is 10.9 Å². The van der Waals surface area contributed by atoms with Crippen LogP contribution < -0.4 is 11.1 Å². The summed E-state index contributed by atoms with van der Waals surface area (Å²) in [6.45, 7) is 4.59. The van der Waals surface area contributed by atoms with Crippen molar-refractivity contribution in [3.05, 3.63) is 36.0 Å². The first-order valence-corrected chi connectivity index (χ1v) is 6.19. The van der Waals surface area contributed by atoms with E-state index in [0.717, 1.165) is 10.9 Å². The van der Waals surface area contributed by atoms with E-state index in [9.17, 15) is 4.79 Å². The van der Waals surface area contributed by atoms with Crippen molar-refractivity contribution in [1.82, 2.24) is 10.3 Å². The Morgan fingerprint density at radius 1 is 1.39 bits per heavy atom. The van der Waals surface area contributed by atoms with E-state index in [2.05, 4.69) is 10.3 Å². The number of fused-ring (bicyclic) bond motifs is 1. The second-order valence-electron chi connectivity index (χ2n) is 4.90. The molecule has 0 bridgehead atoms. The van der Waals surface area contributed by atoms with Crippen LogP contribution in [0.3, 0.4) is 0 Å². The molecular weight excluding hydrogens is 226 g/mol. The quantitative estimate of drug-likeness (QED) is 0.769. The average Bonchev–Trinajstić information content (AvgIpc) is 2.82. The van der Waals surface area contributed by atoms with Crippen molar-refractivity contribution in [2.24, 2.45) is 11.7 Å². The van der Waals surface area contributed by atoms with E-state index >= 15 is 0 Å². The molecule has 2 aromatic rings. The minimum Gasteiger partial charge on any atom is -0.361 e. The van der Waals surface area contributed by atoms with E-state index in [0.29, 0.717) is 18.0 Å². The van der Waals surface area contributed by atoms with Crippen LogP contribution in [0.2, 0.25) is 0 Å². The molecule has 1 aromatic carbocycles. The molecule has 0 aliphatic heterocycles. The van der Waals surface area contributed by atoms with Gasteiger partial charge in [0.25, 0.3) is 5.91 Å². The molecule has 4 heteroatoms. The lowest BCUT2D eigenvalue weighted by molar-refractivity contribution is 0.0949. The summed E-state index contributed by atoms with van der Waals surface area (Å²) in [5.74, 6) is 0.277. The largest absolute Gasteiger partial charge is 0.361 e. The maximum atomic E-state index is 12.0. The molecule has 4 nitrogen and oxygen atoms in total. The number of nitrogens with one attached hydrogen (secondary N) is 2. The summed E-state index contributed by atoms with van der Waals surface area (Å²) in [6, 6.07) is 7.58. The van der Waals surface area contributed by atoms with Crippen molar-refractivity contribution in [1.29, 1.82) is 0 Å². The number of aromatic nitrogens is 1. The highest BCUT2D eigenvalue weighted by Gasteiger charge is 2.11. The molecule has 2 rings (SSSR count). The number of nitrogens with two attached hydrogens (primary N) is 1. The Morgan fingerprint density at radius 2 is 2.17 bits per heavy atom. The van der Waals surface area contributed by atoms with Gasteiger partial charge in [-0.3, -0.25) is 4.79 Å². The van der Waals surface area contributed by atoms with Crippen LogP contribution in [0.15, 0.2) is 30.5 Å². The van der Waals surface area contributed by atoms with E-state index in [1.54, 1.807) is 0 Å². The molecule has 1 amide bonds. The molecule has 0 aliphatic rings. The summed E-state index contributed by atoms with van der Waals surface area (Å²) < 4.78 is 0. The maximum absolute atomic E-state index is 12.0. The van der Waals surface area contributed by atoms with Gasteiger partial charge in [-0.1, -0.05) is 19.9 Å². The van der Waals surface area contributed by atoms with Gasteiger partial charge < -0.3 is 16.0 Å². The average molecular weight is 245 g/mol. The number of carbonyl (C=O) groups excluding carboxylic acids is 1. The first-order chi connectivity index (χ1) is 8.58. The molecule has 1 aromatic heterocycles. The first-order valence-electron chi connectivity index (χ1n) is 6.19. The second kappa shape index (κ2) is 5.23. The van der Waals surface area contributed by atoms with Gasteiger partial charge in [-0.25, -0.2) is 0 Å². The molecule has 0 saturated heterocycles. The number of hydrogen-bond acceptors (Lipinski definition) is 2. The van der Waals surface area contributed by atoms with Crippen molar-refractivity contribution < 1.29 is 4.79 Å². The lowest BCUT2D eigenvalue weighted by Crippen LogP contribution is -2.40. The lowest BCUT2D eigenvalue weighted by atomic mass is 10.1. The summed E-state index contributed by atoms with van der Waals surface area (Å²) >= 11 is 0. The smallest absolute Gasteiger partial charge is 0.251 e. The van der Waals surface area contributed by atoms with E-state index < -0.39 is 0 Å². The predicted molar refractivity (Wildman–Crippen MR) is 73.4 cm³/mol. The predicted octanol–water partition coefficient (Wildman–Crippen LogP) is 1.88.